The van der Waals surface area contributed by atoms with Crippen LogP contribution in [0, 0.1) is 0 Å². The molecule has 0 aliphatic carbocycles. The maximum Gasteiger partial charge on any atom is 0.240 e. The normalized spacial score (nSPS) is 19.3. The number of anilines is 1. The SMILES string of the molecule is CCC(C)=NN=C1NC(=O)[C@@H](CC(=O)Nc2ccc(OC)cc2)S1. The molecule has 1 saturated heterocycles. The number of hydrogen-bond acceptors (Lipinski definition) is 6. The average Bonchev–Trinajstić information content (AvgIpc) is 2.93. The molecule has 1 fully saturated rings. The van der Waals surface area contributed by atoms with Crippen LogP contribution in [0.5, 0.6) is 5.75 Å². The number of benzene rings is 1. The molecule has 0 unspecified atom stereocenters. The van der Waals surface area contributed by atoms with Gasteiger partial charge >= 0.3 is 0 Å². The third kappa shape index (κ3) is 5.09. The lowest BCUT2D eigenvalue weighted by Gasteiger charge is -2.08. The molecule has 1 aliphatic rings. The molecule has 2 amide bonds. The summed E-state index contributed by atoms with van der Waals surface area (Å²) in [4.78, 5) is 24.0. The van der Waals surface area contributed by atoms with Gasteiger partial charge < -0.3 is 15.4 Å². The minimum Gasteiger partial charge on any atom is -0.497 e. The van der Waals surface area contributed by atoms with Crippen molar-refractivity contribution in [3.8, 4) is 5.75 Å². The first-order valence-corrected chi connectivity index (χ1v) is 8.42. The Labute approximate surface area is 144 Å². The van der Waals surface area contributed by atoms with Crippen LogP contribution in [0.25, 0.3) is 0 Å². The van der Waals surface area contributed by atoms with E-state index in [1.54, 1.807) is 31.4 Å². The Morgan fingerprint density at radius 2 is 2.08 bits per heavy atom. The molecule has 24 heavy (non-hydrogen) atoms. The van der Waals surface area contributed by atoms with Gasteiger partial charge in [0.25, 0.3) is 0 Å². The number of amidine groups is 1. The second-order valence-corrected chi connectivity index (χ2v) is 6.36. The summed E-state index contributed by atoms with van der Waals surface area (Å²) in [6.45, 7) is 3.84. The zero-order valence-corrected chi connectivity index (χ0v) is 14.6. The molecule has 1 heterocycles. The molecular formula is C16H20N4O3S. The highest BCUT2D eigenvalue weighted by molar-refractivity contribution is 8.15. The Balaban J connectivity index is 1.90. The maximum absolute atomic E-state index is 12.1. The van der Waals surface area contributed by atoms with Crippen LogP contribution in [-0.2, 0) is 9.59 Å². The van der Waals surface area contributed by atoms with Crippen LogP contribution in [0.3, 0.4) is 0 Å². The summed E-state index contributed by atoms with van der Waals surface area (Å²) in [6.07, 6.45) is 0.862. The van der Waals surface area contributed by atoms with Gasteiger partial charge in [-0.05, 0) is 37.6 Å². The Hall–Kier alpha value is -2.35. The molecule has 0 aromatic heterocycles. The summed E-state index contributed by atoms with van der Waals surface area (Å²) in [6, 6.07) is 7.00. The summed E-state index contributed by atoms with van der Waals surface area (Å²) in [5.74, 6) is 0.248. The highest BCUT2D eigenvalue weighted by atomic mass is 32.2. The zero-order chi connectivity index (χ0) is 17.5. The van der Waals surface area contributed by atoms with Gasteiger partial charge in [0.05, 0.1) is 7.11 Å². The smallest absolute Gasteiger partial charge is 0.240 e. The number of methoxy groups -OCH3 is 1. The van der Waals surface area contributed by atoms with E-state index in [1.165, 1.54) is 11.8 Å². The Morgan fingerprint density at radius 3 is 2.71 bits per heavy atom. The molecule has 1 atom stereocenters. The first kappa shape index (κ1) is 18.0. The fraction of sp³-hybridized carbons (Fsp3) is 0.375. The summed E-state index contributed by atoms with van der Waals surface area (Å²) < 4.78 is 5.06. The quantitative estimate of drug-likeness (QED) is 0.610. The van der Waals surface area contributed by atoms with Crippen molar-refractivity contribution in [2.24, 2.45) is 10.2 Å². The van der Waals surface area contributed by atoms with Crippen LogP contribution in [0.15, 0.2) is 34.5 Å². The molecule has 7 nitrogen and oxygen atoms in total. The van der Waals surface area contributed by atoms with Crippen molar-refractivity contribution in [2.75, 3.05) is 12.4 Å². The first-order chi connectivity index (χ1) is 11.5. The Morgan fingerprint density at radius 1 is 1.38 bits per heavy atom. The van der Waals surface area contributed by atoms with E-state index in [2.05, 4.69) is 20.8 Å². The zero-order valence-electron chi connectivity index (χ0n) is 13.8. The highest BCUT2D eigenvalue weighted by Gasteiger charge is 2.32. The van der Waals surface area contributed by atoms with Gasteiger partial charge in [0.1, 0.15) is 11.0 Å². The highest BCUT2D eigenvalue weighted by Crippen LogP contribution is 2.23. The minimum absolute atomic E-state index is 0.0675. The van der Waals surface area contributed by atoms with E-state index in [9.17, 15) is 9.59 Å². The van der Waals surface area contributed by atoms with E-state index in [4.69, 9.17) is 4.74 Å². The van der Waals surface area contributed by atoms with Crippen LogP contribution in [0.2, 0.25) is 0 Å². The standard InChI is InChI=1S/C16H20N4O3S/c1-4-10(2)19-20-16-18-15(22)13(24-16)9-14(21)17-11-5-7-12(23-3)8-6-11/h5-8,13H,4,9H2,1-3H3,(H,17,21)(H,18,20,22)/t13-/m1/s1. The number of rotatable bonds is 6. The summed E-state index contributed by atoms with van der Waals surface area (Å²) in [5, 5.41) is 13.3. The summed E-state index contributed by atoms with van der Waals surface area (Å²) in [7, 11) is 1.58. The predicted octanol–water partition coefficient (Wildman–Crippen LogP) is 2.40. The van der Waals surface area contributed by atoms with E-state index < -0.39 is 5.25 Å². The second kappa shape index (κ2) is 8.49. The van der Waals surface area contributed by atoms with Crippen molar-refractivity contribution >= 4 is 40.1 Å². The van der Waals surface area contributed by atoms with Crippen molar-refractivity contribution in [1.29, 1.82) is 0 Å². The van der Waals surface area contributed by atoms with Crippen molar-refractivity contribution in [1.82, 2.24) is 5.32 Å². The molecule has 0 bridgehead atoms. The van der Waals surface area contributed by atoms with Crippen LogP contribution >= 0.6 is 11.8 Å². The Bertz CT molecular complexity index is 670. The topological polar surface area (TPSA) is 92.2 Å². The van der Waals surface area contributed by atoms with Crippen molar-refractivity contribution in [3.05, 3.63) is 24.3 Å². The van der Waals surface area contributed by atoms with Gasteiger partial charge in [0.2, 0.25) is 11.8 Å². The molecule has 1 aromatic rings. The number of amides is 2. The molecule has 1 aromatic carbocycles. The van der Waals surface area contributed by atoms with Gasteiger partial charge in [-0.3, -0.25) is 9.59 Å². The van der Waals surface area contributed by atoms with Gasteiger partial charge in [0, 0.05) is 17.8 Å². The van der Waals surface area contributed by atoms with Crippen LogP contribution < -0.4 is 15.4 Å². The van der Waals surface area contributed by atoms with E-state index in [0.717, 1.165) is 12.1 Å². The number of ether oxygens (including phenoxy) is 1. The van der Waals surface area contributed by atoms with E-state index >= 15 is 0 Å². The lowest BCUT2D eigenvalue weighted by atomic mass is 10.2. The van der Waals surface area contributed by atoms with Crippen molar-refractivity contribution in [2.45, 2.75) is 31.9 Å². The van der Waals surface area contributed by atoms with E-state index in [0.29, 0.717) is 16.6 Å². The van der Waals surface area contributed by atoms with Crippen molar-refractivity contribution < 1.29 is 14.3 Å². The fourth-order valence-electron chi connectivity index (χ4n) is 1.84. The fourth-order valence-corrected chi connectivity index (χ4v) is 2.76. The van der Waals surface area contributed by atoms with Crippen LogP contribution in [0.4, 0.5) is 5.69 Å². The van der Waals surface area contributed by atoms with E-state index in [-0.39, 0.29) is 18.2 Å². The maximum atomic E-state index is 12.1. The third-order valence-corrected chi connectivity index (χ3v) is 4.42. The predicted molar refractivity (Wildman–Crippen MR) is 96.6 cm³/mol. The Kier molecular flexibility index (Phi) is 6.36. The molecule has 1 aliphatic heterocycles. The van der Waals surface area contributed by atoms with Gasteiger partial charge in [-0.15, -0.1) is 5.10 Å². The van der Waals surface area contributed by atoms with Gasteiger partial charge in [-0.2, -0.15) is 5.10 Å². The first-order valence-electron chi connectivity index (χ1n) is 7.54. The number of carbonyl (C=O) groups is 2. The van der Waals surface area contributed by atoms with Gasteiger partial charge in [-0.1, -0.05) is 18.7 Å². The van der Waals surface area contributed by atoms with Gasteiger partial charge in [0.15, 0.2) is 5.17 Å². The van der Waals surface area contributed by atoms with Crippen LogP contribution in [0.1, 0.15) is 26.7 Å². The minimum atomic E-state index is -0.501. The number of nitrogens with one attached hydrogen (secondary N) is 2. The van der Waals surface area contributed by atoms with Crippen molar-refractivity contribution in [3.63, 3.8) is 0 Å². The molecule has 8 heteroatoms. The van der Waals surface area contributed by atoms with Crippen LogP contribution in [-0.4, -0.2) is 35.1 Å². The molecule has 0 saturated carbocycles. The lowest BCUT2D eigenvalue weighted by Crippen LogP contribution is -2.28. The molecule has 128 valence electrons. The molecule has 0 spiro atoms. The molecule has 2 N–H and O–H groups in total. The second-order valence-electron chi connectivity index (χ2n) is 5.17. The number of hydrogen-bond donors (Lipinski definition) is 2. The monoisotopic (exact) mass is 348 g/mol. The number of nitrogens with zero attached hydrogens (tertiary/aromatic N) is 2. The average molecular weight is 348 g/mol. The largest absolute Gasteiger partial charge is 0.497 e. The van der Waals surface area contributed by atoms with Gasteiger partial charge in [-0.25, -0.2) is 0 Å². The van der Waals surface area contributed by atoms with E-state index in [1.807, 2.05) is 13.8 Å². The number of carbonyl (C=O) groups excluding carboxylic acids is 2. The molecule has 0 radical (unpaired) electrons. The lowest BCUT2D eigenvalue weighted by molar-refractivity contribution is -0.122. The number of thioether (sulfide) groups is 1. The summed E-state index contributed by atoms with van der Waals surface area (Å²) in [5.41, 5.74) is 1.53. The third-order valence-electron chi connectivity index (χ3n) is 3.34. The molecule has 2 rings (SSSR count). The summed E-state index contributed by atoms with van der Waals surface area (Å²) >= 11 is 1.22. The molecular weight excluding hydrogens is 328 g/mol.